The minimum absolute atomic E-state index is 0.170. The maximum atomic E-state index is 10.8. The van der Waals surface area contributed by atoms with E-state index in [1.54, 1.807) is 12.5 Å². The fraction of sp³-hybridized carbons (Fsp3) is 0.714. The van der Waals surface area contributed by atoms with E-state index >= 15 is 0 Å². The zero-order valence-corrected chi connectivity index (χ0v) is 10.7. The molecule has 0 aromatic carbocycles. The summed E-state index contributed by atoms with van der Waals surface area (Å²) in [6, 6.07) is 1.84. The van der Waals surface area contributed by atoms with E-state index in [1.807, 2.05) is 13.0 Å². The molecule has 2 aliphatic heterocycles. The molecule has 1 N–H and O–H groups in total. The summed E-state index contributed by atoms with van der Waals surface area (Å²) in [5.74, 6) is 0.186. The SMILES string of the molecule is CC(O)(c1ccoc1)C1CCOC2(CCOC2)C1. The lowest BCUT2D eigenvalue weighted by molar-refractivity contribution is -0.140. The first-order chi connectivity index (χ1) is 8.62. The number of hydrogen-bond donors (Lipinski definition) is 1. The van der Waals surface area contributed by atoms with E-state index in [1.165, 1.54) is 0 Å². The van der Waals surface area contributed by atoms with E-state index in [0.717, 1.165) is 31.4 Å². The molecule has 100 valence electrons. The Morgan fingerprint density at radius 1 is 1.44 bits per heavy atom. The van der Waals surface area contributed by atoms with E-state index in [2.05, 4.69) is 0 Å². The maximum Gasteiger partial charge on any atom is 0.0963 e. The summed E-state index contributed by atoms with van der Waals surface area (Å²) in [5.41, 5.74) is -0.174. The molecule has 0 radical (unpaired) electrons. The largest absolute Gasteiger partial charge is 0.472 e. The maximum absolute atomic E-state index is 10.8. The summed E-state index contributed by atoms with van der Waals surface area (Å²) in [6.45, 7) is 3.99. The molecule has 4 heteroatoms. The van der Waals surface area contributed by atoms with Crippen LogP contribution in [-0.2, 0) is 15.1 Å². The van der Waals surface area contributed by atoms with Crippen molar-refractivity contribution in [1.29, 1.82) is 0 Å². The molecule has 3 atom stereocenters. The zero-order chi connectivity index (χ0) is 12.6. The van der Waals surface area contributed by atoms with Crippen LogP contribution in [0.15, 0.2) is 23.0 Å². The van der Waals surface area contributed by atoms with Crippen LogP contribution in [-0.4, -0.2) is 30.5 Å². The third-order valence-corrected chi connectivity index (χ3v) is 4.46. The van der Waals surface area contributed by atoms with Crippen LogP contribution in [0.5, 0.6) is 0 Å². The summed E-state index contributed by atoms with van der Waals surface area (Å²) in [5, 5.41) is 10.8. The van der Waals surface area contributed by atoms with E-state index in [0.29, 0.717) is 13.2 Å². The van der Waals surface area contributed by atoms with Crippen molar-refractivity contribution < 1.29 is 19.0 Å². The highest BCUT2D eigenvalue weighted by atomic mass is 16.6. The lowest BCUT2D eigenvalue weighted by Crippen LogP contribution is -2.46. The normalized spacial score (nSPS) is 35.8. The standard InChI is InChI=1S/C14H20O4/c1-13(15,12-2-5-16-9-12)11-3-6-18-14(8-11)4-7-17-10-14/h2,5,9,11,15H,3-4,6-8,10H2,1H3. The van der Waals surface area contributed by atoms with Gasteiger partial charge < -0.3 is 19.0 Å². The predicted octanol–water partition coefficient (Wildman–Crippen LogP) is 2.07. The number of hydrogen-bond acceptors (Lipinski definition) is 4. The van der Waals surface area contributed by atoms with Crippen molar-refractivity contribution in [2.75, 3.05) is 19.8 Å². The third kappa shape index (κ3) is 1.98. The Labute approximate surface area is 107 Å². The summed E-state index contributed by atoms with van der Waals surface area (Å²) in [7, 11) is 0. The first-order valence-corrected chi connectivity index (χ1v) is 6.59. The molecule has 0 amide bonds. The second-order valence-electron chi connectivity index (χ2n) is 5.68. The van der Waals surface area contributed by atoms with Gasteiger partial charge in [0.2, 0.25) is 0 Å². The molecule has 0 saturated carbocycles. The fourth-order valence-electron chi connectivity index (χ4n) is 3.16. The summed E-state index contributed by atoms with van der Waals surface area (Å²) in [4.78, 5) is 0. The van der Waals surface area contributed by atoms with Gasteiger partial charge in [-0.15, -0.1) is 0 Å². The second kappa shape index (κ2) is 4.37. The van der Waals surface area contributed by atoms with Gasteiger partial charge in [-0.1, -0.05) is 0 Å². The van der Waals surface area contributed by atoms with Crippen molar-refractivity contribution in [3.63, 3.8) is 0 Å². The van der Waals surface area contributed by atoms with Crippen LogP contribution in [0.25, 0.3) is 0 Å². The van der Waals surface area contributed by atoms with Crippen LogP contribution in [0.2, 0.25) is 0 Å². The Balaban J connectivity index is 1.79. The highest BCUT2D eigenvalue weighted by molar-refractivity contribution is 5.17. The van der Waals surface area contributed by atoms with Crippen LogP contribution >= 0.6 is 0 Å². The van der Waals surface area contributed by atoms with Gasteiger partial charge >= 0.3 is 0 Å². The zero-order valence-electron chi connectivity index (χ0n) is 10.7. The highest BCUT2D eigenvalue weighted by Crippen LogP contribution is 2.43. The number of ether oxygens (including phenoxy) is 2. The topological polar surface area (TPSA) is 51.8 Å². The van der Waals surface area contributed by atoms with Crippen LogP contribution < -0.4 is 0 Å². The van der Waals surface area contributed by atoms with Crippen molar-refractivity contribution in [2.24, 2.45) is 5.92 Å². The van der Waals surface area contributed by atoms with Crippen LogP contribution in [0.3, 0.4) is 0 Å². The Morgan fingerprint density at radius 2 is 2.33 bits per heavy atom. The molecular formula is C14H20O4. The van der Waals surface area contributed by atoms with Gasteiger partial charge in [-0.25, -0.2) is 0 Å². The molecule has 2 aliphatic rings. The Bertz CT molecular complexity index is 390. The van der Waals surface area contributed by atoms with Gasteiger partial charge in [-0.3, -0.25) is 0 Å². The van der Waals surface area contributed by atoms with Crippen molar-refractivity contribution in [2.45, 2.75) is 37.4 Å². The van der Waals surface area contributed by atoms with E-state index in [4.69, 9.17) is 13.9 Å². The lowest BCUT2D eigenvalue weighted by Gasteiger charge is -2.42. The van der Waals surface area contributed by atoms with E-state index in [-0.39, 0.29) is 11.5 Å². The molecule has 3 unspecified atom stereocenters. The van der Waals surface area contributed by atoms with Crippen molar-refractivity contribution in [3.05, 3.63) is 24.2 Å². The quantitative estimate of drug-likeness (QED) is 0.875. The molecule has 4 nitrogen and oxygen atoms in total. The van der Waals surface area contributed by atoms with Gasteiger partial charge in [0.25, 0.3) is 0 Å². The van der Waals surface area contributed by atoms with Crippen molar-refractivity contribution >= 4 is 0 Å². The molecule has 2 saturated heterocycles. The Kier molecular flexibility index (Phi) is 2.96. The predicted molar refractivity (Wildman–Crippen MR) is 65.1 cm³/mol. The molecule has 3 heterocycles. The molecule has 1 aromatic rings. The number of aliphatic hydroxyl groups is 1. The molecule has 2 fully saturated rings. The van der Waals surface area contributed by atoms with Gasteiger partial charge in [-0.2, -0.15) is 0 Å². The Hall–Kier alpha value is -0.840. The first kappa shape index (κ1) is 12.2. The monoisotopic (exact) mass is 252 g/mol. The van der Waals surface area contributed by atoms with Gasteiger partial charge in [0.1, 0.15) is 0 Å². The minimum Gasteiger partial charge on any atom is -0.472 e. The number of rotatable bonds is 2. The highest BCUT2D eigenvalue weighted by Gasteiger charge is 2.46. The smallest absolute Gasteiger partial charge is 0.0963 e. The first-order valence-electron chi connectivity index (χ1n) is 6.59. The van der Waals surface area contributed by atoms with Crippen LogP contribution in [0.1, 0.15) is 31.7 Å². The van der Waals surface area contributed by atoms with Gasteiger partial charge in [0.05, 0.1) is 30.3 Å². The fourth-order valence-corrected chi connectivity index (χ4v) is 3.16. The average Bonchev–Trinajstić information content (AvgIpc) is 3.01. The van der Waals surface area contributed by atoms with E-state index < -0.39 is 5.60 Å². The molecule has 18 heavy (non-hydrogen) atoms. The Morgan fingerprint density at radius 3 is 3.00 bits per heavy atom. The third-order valence-electron chi connectivity index (χ3n) is 4.46. The lowest BCUT2D eigenvalue weighted by atomic mass is 9.74. The van der Waals surface area contributed by atoms with Crippen LogP contribution in [0.4, 0.5) is 0 Å². The van der Waals surface area contributed by atoms with Crippen molar-refractivity contribution in [1.82, 2.24) is 0 Å². The van der Waals surface area contributed by atoms with Gasteiger partial charge in [0, 0.05) is 25.2 Å². The van der Waals surface area contributed by atoms with Gasteiger partial charge in [0.15, 0.2) is 0 Å². The molecule has 1 aromatic heterocycles. The molecule has 0 bridgehead atoms. The molecule has 1 spiro atoms. The van der Waals surface area contributed by atoms with E-state index in [9.17, 15) is 5.11 Å². The molecule has 3 rings (SSSR count). The van der Waals surface area contributed by atoms with Crippen LogP contribution in [0, 0.1) is 5.92 Å². The minimum atomic E-state index is -0.855. The summed E-state index contributed by atoms with van der Waals surface area (Å²) in [6.07, 6.45) is 5.90. The van der Waals surface area contributed by atoms with Gasteiger partial charge in [-0.05, 0) is 31.7 Å². The second-order valence-corrected chi connectivity index (χ2v) is 5.68. The molecular weight excluding hydrogens is 232 g/mol. The summed E-state index contributed by atoms with van der Waals surface area (Å²) < 4.78 is 16.5. The number of furan rings is 1. The summed E-state index contributed by atoms with van der Waals surface area (Å²) >= 11 is 0. The average molecular weight is 252 g/mol. The molecule has 0 aliphatic carbocycles. The van der Waals surface area contributed by atoms with Crippen molar-refractivity contribution in [3.8, 4) is 0 Å².